The fourth-order valence-corrected chi connectivity index (χ4v) is 8.99. The highest BCUT2D eigenvalue weighted by molar-refractivity contribution is 5.76. The molecule has 0 radical (unpaired) electrons. The average Bonchev–Trinajstić information content (AvgIpc) is 3.51. The number of unbranched alkanes of at least 4 members (excludes halogenated alkanes) is 1. The number of amides is 3. The molecule has 13 N–H and O–H groups in total. The molecule has 30 nitrogen and oxygen atoms in total. The second-order valence-corrected chi connectivity index (χ2v) is 20.9. The van der Waals surface area contributed by atoms with Crippen LogP contribution in [0.2, 0.25) is 0 Å². The number of ether oxygens (including phenoxy) is 14. The first-order valence-corrected chi connectivity index (χ1v) is 29.4. The van der Waals surface area contributed by atoms with E-state index in [-0.39, 0.29) is 176 Å². The minimum atomic E-state index is -1.20. The van der Waals surface area contributed by atoms with E-state index in [9.17, 15) is 60.3 Å². The van der Waals surface area contributed by atoms with Gasteiger partial charge in [-0.1, -0.05) is 27.2 Å². The summed E-state index contributed by atoms with van der Waals surface area (Å²) >= 11 is 0. The molecule has 15 atom stereocenters. The zero-order valence-electron chi connectivity index (χ0n) is 49.5. The minimum absolute atomic E-state index is 0.0875. The van der Waals surface area contributed by atoms with Crippen molar-refractivity contribution in [3.8, 4) is 0 Å². The Balaban J connectivity index is 1.29. The molecule has 0 saturated carbocycles. The van der Waals surface area contributed by atoms with E-state index >= 15 is 0 Å². The van der Waals surface area contributed by atoms with Crippen molar-refractivity contribution in [2.45, 2.75) is 139 Å². The standard InChI is InChI=1S/C54H102N4O26/c1-36-45(65)48(68)39(31-59)82-51(36)79-28-25-74-22-19-71-16-11-56-42(62)7-5-6-10-54(55-4,34-77-14-8-43(63)57-12-17-72-20-23-75-26-29-80-52-37(2)46(66)49(69)40(32-60)83-52)35-78-15-9-44(64)58-13-18-73-21-24-76-27-30-81-53-38(3)47(67)50(70)41(33-61)84-53/h36-41,45-53,55,59-61,65-70H,5-35H2,1-4H3,(H,56,62)(H,57,63)(H,58,64). The highest BCUT2D eigenvalue weighted by Crippen LogP contribution is 2.29. The van der Waals surface area contributed by atoms with Gasteiger partial charge >= 0.3 is 0 Å². The third-order valence-corrected chi connectivity index (χ3v) is 14.5. The summed E-state index contributed by atoms with van der Waals surface area (Å²) in [4.78, 5) is 37.9. The van der Waals surface area contributed by atoms with Crippen molar-refractivity contribution in [3.05, 3.63) is 0 Å². The third-order valence-electron chi connectivity index (χ3n) is 14.5. The first kappa shape index (κ1) is 75.7. The van der Waals surface area contributed by atoms with E-state index in [4.69, 9.17) is 66.3 Å². The summed E-state index contributed by atoms with van der Waals surface area (Å²) < 4.78 is 78.7. The molecule has 3 heterocycles. The van der Waals surface area contributed by atoms with Gasteiger partial charge in [0.25, 0.3) is 0 Å². The fourth-order valence-electron chi connectivity index (χ4n) is 8.99. The lowest BCUT2D eigenvalue weighted by Gasteiger charge is -2.40. The van der Waals surface area contributed by atoms with E-state index in [0.29, 0.717) is 25.8 Å². The van der Waals surface area contributed by atoms with Crippen LogP contribution in [0.25, 0.3) is 0 Å². The van der Waals surface area contributed by atoms with Crippen LogP contribution in [0.1, 0.15) is 59.3 Å². The van der Waals surface area contributed by atoms with E-state index in [0.717, 1.165) is 0 Å². The number of likely N-dealkylation sites (N-methyl/N-ethyl adjacent to an activating group) is 1. The van der Waals surface area contributed by atoms with Crippen LogP contribution in [-0.4, -0.2) is 315 Å². The lowest BCUT2D eigenvalue weighted by atomic mass is 9.92. The van der Waals surface area contributed by atoms with Gasteiger partial charge in [0.2, 0.25) is 17.7 Å². The number of hydrogen-bond donors (Lipinski definition) is 13. The van der Waals surface area contributed by atoms with Crippen LogP contribution in [0.5, 0.6) is 0 Å². The van der Waals surface area contributed by atoms with Crippen molar-refractivity contribution in [3.63, 3.8) is 0 Å². The molecule has 0 bridgehead atoms. The number of nitrogens with one attached hydrogen (secondary N) is 4. The third kappa shape index (κ3) is 29.2. The van der Waals surface area contributed by atoms with Gasteiger partial charge in [0.05, 0.1) is 169 Å². The molecule has 3 fully saturated rings. The Morgan fingerprint density at radius 1 is 0.393 bits per heavy atom. The van der Waals surface area contributed by atoms with Gasteiger partial charge < -0.3 is 134 Å². The molecule has 3 rings (SSSR count). The number of hydrogen-bond acceptors (Lipinski definition) is 27. The van der Waals surface area contributed by atoms with Crippen molar-refractivity contribution < 1.29 is 127 Å². The topological polar surface area (TPSA) is 411 Å². The van der Waals surface area contributed by atoms with E-state index in [1.165, 1.54) is 0 Å². The van der Waals surface area contributed by atoms with Gasteiger partial charge in [0.1, 0.15) is 36.6 Å². The number of aliphatic hydroxyl groups excluding tert-OH is 9. The number of carbonyl (C=O) groups is 3. The van der Waals surface area contributed by atoms with Gasteiger partial charge in [0.15, 0.2) is 18.9 Å². The molecule has 3 aliphatic rings. The molecule has 494 valence electrons. The second kappa shape index (κ2) is 44.8. The fraction of sp³-hybridized carbons (Fsp3) is 0.944. The van der Waals surface area contributed by atoms with Crippen LogP contribution in [-0.2, 0) is 80.7 Å². The Labute approximate surface area is 492 Å². The molecule has 30 heteroatoms. The molecule has 0 aromatic carbocycles. The van der Waals surface area contributed by atoms with Gasteiger partial charge in [-0.15, -0.1) is 0 Å². The van der Waals surface area contributed by atoms with E-state index in [1.54, 1.807) is 27.8 Å². The molecule has 0 aromatic heterocycles. The van der Waals surface area contributed by atoms with Crippen LogP contribution in [0.4, 0.5) is 0 Å². The lowest BCUT2D eigenvalue weighted by molar-refractivity contribution is -0.284. The molecule has 0 aliphatic carbocycles. The van der Waals surface area contributed by atoms with E-state index in [1.807, 2.05) is 0 Å². The SMILES string of the molecule is CNC(CCCCC(=O)NCCOCCOCCOC1OC(CO)C(O)C(O)C1C)(COCCC(=O)NCCOCCOCCOC1OC(CO)C(O)C(O)C1C)COCCC(=O)NCCOCCOCCOC1OC(CO)C(O)C(O)C1C. The minimum Gasteiger partial charge on any atom is -0.394 e. The largest absolute Gasteiger partial charge is 0.394 e. The van der Waals surface area contributed by atoms with Crippen LogP contribution in [0, 0.1) is 17.8 Å². The smallest absolute Gasteiger partial charge is 0.222 e. The summed E-state index contributed by atoms with van der Waals surface area (Å²) in [5, 5.41) is 100. The summed E-state index contributed by atoms with van der Waals surface area (Å²) in [5.41, 5.74) is -0.707. The Morgan fingerprint density at radius 2 is 0.690 bits per heavy atom. The lowest BCUT2D eigenvalue weighted by Crippen LogP contribution is -2.55. The molecular weight excluding hydrogens is 1120 g/mol. The van der Waals surface area contributed by atoms with Crippen molar-refractivity contribution in [1.29, 1.82) is 0 Å². The maximum atomic E-state index is 12.7. The van der Waals surface area contributed by atoms with Gasteiger partial charge in [-0.2, -0.15) is 0 Å². The molecule has 0 spiro atoms. The zero-order chi connectivity index (χ0) is 61.5. The van der Waals surface area contributed by atoms with Crippen LogP contribution in [0.15, 0.2) is 0 Å². The van der Waals surface area contributed by atoms with Gasteiger partial charge in [0, 0.05) is 56.7 Å². The zero-order valence-corrected chi connectivity index (χ0v) is 49.5. The van der Waals surface area contributed by atoms with Crippen LogP contribution < -0.4 is 21.3 Å². The number of carbonyl (C=O) groups excluding carboxylic acids is 3. The van der Waals surface area contributed by atoms with Crippen molar-refractivity contribution in [2.24, 2.45) is 17.8 Å². The van der Waals surface area contributed by atoms with Crippen molar-refractivity contribution >= 4 is 17.7 Å². The highest BCUT2D eigenvalue weighted by Gasteiger charge is 2.44. The normalized spacial score (nSPS) is 28.9. The summed E-state index contributed by atoms with van der Waals surface area (Å²) in [6.45, 7) is 8.70. The average molecular weight is 1220 g/mol. The summed E-state index contributed by atoms with van der Waals surface area (Å²) in [6.07, 6.45) is -9.94. The second-order valence-electron chi connectivity index (χ2n) is 20.9. The Hall–Kier alpha value is -2.55. The first-order chi connectivity index (χ1) is 40.5. The molecular formula is C54H102N4O26. The molecule has 3 aliphatic heterocycles. The number of rotatable bonds is 49. The van der Waals surface area contributed by atoms with Crippen LogP contribution >= 0.6 is 0 Å². The molecule has 0 aromatic rings. The maximum absolute atomic E-state index is 12.7. The Kier molecular flexibility index (Phi) is 40.4. The molecule has 3 saturated heterocycles. The van der Waals surface area contributed by atoms with Crippen molar-refractivity contribution in [2.75, 3.05) is 172 Å². The van der Waals surface area contributed by atoms with Crippen LogP contribution in [0.3, 0.4) is 0 Å². The number of aliphatic hydroxyl groups is 9. The predicted molar refractivity (Wildman–Crippen MR) is 294 cm³/mol. The summed E-state index contributed by atoms with van der Waals surface area (Å²) in [5.74, 6) is -2.11. The molecule has 84 heavy (non-hydrogen) atoms. The maximum Gasteiger partial charge on any atom is 0.222 e. The highest BCUT2D eigenvalue weighted by atomic mass is 16.7. The Bertz CT molecular complexity index is 1520. The van der Waals surface area contributed by atoms with E-state index in [2.05, 4.69) is 21.3 Å². The van der Waals surface area contributed by atoms with Gasteiger partial charge in [-0.25, -0.2) is 0 Å². The monoisotopic (exact) mass is 1220 g/mol. The summed E-state index contributed by atoms with van der Waals surface area (Å²) in [6, 6.07) is 0. The summed E-state index contributed by atoms with van der Waals surface area (Å²) in [7, 11) is 1.77. The molecule has 15 unspecified atom stereocenters. The van der Waals surface area contributed by atoms with Gasteiger partial charge in [-0.3, -0.25) is 14.4 Å². The predicted octanol–water partition coefficient (Wildman–Crippen LogP) is -4.96. The van der Waals surface area contributed by atoms with Gasteiger partial charge in [-0.05, 0) is 19.9 Å². The quantitative estimate of drug-likeness (QED) is 0.0254. The van der Waals surface area contributed by atoms with E-state index < -0.39 is 117 Å². The Morgan fingerprint density at radius 3 is 1.00 bits per heavy atom. The van der Waals surface area contributed by atoms with Crippen molar-refractivity contribution in [1.82, 2.24) is 21.3 Å². The first-order valence-electron chi connectivity index (χ1n) is 29.4. The molecule has 3 amide bonds.